The first-order valence-electron chi connectivity index (χ1n) is 9.09. The molecule has 0 fully saturated rings. The van der Waals surface area contributed by atoms with Gasteiger partial charge in [0.25, 0.3) is 11.2 Å². The zero-order valence-corrected chi connectivity index (χ0v) is 16.0. The minimum absolute atomic E-state index is 0.0857. The number of rotatable bonds is 6. The topological polar surface area (TPSA) is 107 Å². The van der Waals surface area contributed by atoms with Crippen molar-refractivity contribution in [2.45, 2.75) is 6.61 Å². The largest absolute Gasteiger partial charge is 0.493 e. The first kappa shape index (κ1) is 19.1. The fraction of sp³-hybridized carbons (Fsp3) is 0.0909. The Morgan fingerprint density at radius 2 is 1.83 bits per heavy atom. The summed E-state index contributed by atoms with van der Waals surface area (Å²) in [6.45, 7) is 0.319. The van der Waals surface area contributed by atoms with Crippen molar-refractivity contribution >= 4 is 16.6 Å². The monoisotopic (exact) mass is 403 g/mol. The van der Waals surface area contributed by atoms with Gasteiger partial charge >= 0.3 is 0 Å². The number of benzene rings is 3. The predicted octanol–water partition coefficient (Wildman–Crippen LogP) is 4.09. The quantitative estimate of drug-likeness (QED) is 0.384. The van der Waals surface area contributed by atoms with Crippen LogP contribution in [0.25, 0.3) is 22.3 Å². The molecule has 3 aromatic carbocycles. The highest BCUT2D eigenvalue weighted by Crippen LogP contribution is 2.32. The fourth-order valence-electron chi connectivity index (χ4n) is 3.06. The maximum Gasteiger partial charge on any atom is 0.270 e. The molecule has 8 heteroatoms. The van der Waals surface area contributed by atoms with Gasteiger partial charge in [0.1, 0.15) is 12.4 Å². The molecule has 0 amide bonds. The second kappa shape index (κ2) is 8.04. The number of nitro groups is 1. The minimum Gasteiger partial charge on any atom is -0.493 e. The Labute approximate surface area is 170 Å². The molecule has 1 aromatic heterocycles. The van der Waals surface area contributed by atoms with Crippen molar-refractivity contribution in [3.8, 4) is 22.9 Å². The van der Waals surface area contributed by atoms with Crippen molar-refractivity contribution in [2.75, 3.05) is 7.11 Å². The second-order valence-corrected chi connectivity index (χ2v) is 6.52. The summed E-state index contributed by atoms with van der Waals surface area (Å²) < 4.78 is 11.3. The highest BCUT2D eigenvalue weighted by atomic mass is 16.6. The molecule has 8 nitrogen and oxygen atoms in total. The van der Waals surface area contributed by atoms with E-state index in [0.717, 1.165) is 5.56 Å². The lowest BCUT2D eigenvalue weighted by molar-refractivity contribution is -0.384. The van der Waals surface area contributed by atoms with Gasteiger partial charge in [-0.05, 0) is 11.6 Å². The number of H-pyrrole nitrogens is 1. The summed E-state index contributed by atoms with van der Waals surface area (Å²) in [5, 5.41) is 11.4. The molecule has 0 unspecified atom stereocenters. The molecule has 0 aliphatic rings. The number of aromatic amines is 1. The smallest absolute Gasteiger partial charge is 0.270 e. The van der Waals surface area contributed by atoms with Crippen molar-refractivity contribution in [3.05, 3.63) is 92.8 Å². The minimum atomic E-state index is -0.498. The van der Waals surface area contributed by atoms with Gasteiger partial charge in [0.15, 0.2) is 11.5 Å². The van der Waals surface area contributed by atoms with Crippen LogP contribution in [0, 0.1) is 10.1 Å². The zero-order chi connectivity index (χ0) is 21.1. The third-order valence-corrected chi connectivity index (χ3v) is 4.56. The molecule has 4 rings (SSSR count). The number of methoxy groups -OCH3 is 1. The van der Waals surface area contributed by atoms with E-state index in [0.29, 0.717) is 34.6 Å². The SMILES string of the molecule is COc1cc2nc(-c3cccc([N+](=O)[O-])c3)[nH]c(=O)c2cc1OCc1ccccc1. The summed E-state index contributed by atoms with van der Waals surface area (Å²) in [7, 11) is 1.51. The number of non-ortho nitro benzene ring substituents is 1. The van der Waals surface area contributed by atoms with Crippen LogP contribution in [-0.2, 0) is 6.61 Å². The van der Waals surface area contributed by atoms with Gasteiger partial charge in [0.2, 0.25) is 0 Å². The summed E-state index contributed by atoms with van der Waals surface area (Å²) in [5.74, 6) is 1.09. The molecule has 0 aliphatic carbocycles. The van der Waals surface area contributed by atoms with E-state index in [1.807, 2.05) is 30.3 Å². The average molecular weight is 403 g/mol. The molecular formula is C22H17N3O5. The van der Waals surface area contributed by atoms with Gasteiger partial charge < -0.3 is 14.5 Å². The van der Waals surface area contributed by atoms with E-state index >= 15 is 0 Å². The molecular weight excluding hydrogens is 386 g/mol. The number of hydrogen-bond acceptors (Lipinski definition) is 6. The maximum absolute atomic E-state index is 12.7. The Kier molecular flexibility index (Phi) is 5.13. The van der Waals surface area contributed by atoms with E-state index in [-0.39, 0.29) is 17.1 Å². The number of nitrogens with zero attached hydrogens (tertiary/aromatic N) is 2. The van der Waals surface area contributed by atoms with Gasteiger partial charge in [-0.1, -0.05) is 42.5 Å². The predicted molar refractivity (Wildman–Crippen MR) is 112 cm³/mol. The summed E-state index contributed by atoms with van der Waals surface area (Å²) in [6.07, 6.45) is 0. The van der Waals surface area contributed by atoms with Crippen LogP contribution in [-0.4, -0.2) is 22.0 Å². The molecule has 0 bridgehead atoms. The van der Waals surface area contributed by atoms with Gasteiger partial charge in [-0.2, -0.15) is 0 Å². The zero-order valence-electron chi connectivity index (χ0n) is 16.0. The number of aromatic nitrogens is 2. The summed E-state index contributed by atoms with van der Waals surface area (Å²) in [4.78, 5) is 30.4. The molecule has 0 spiro atoms. The van der Waals surface area contributed by atoms with Crippen LogP contribution < -0.4 is 15.0 Å². The van der Waals surface area contributed by atoms with E-state index in [9.17, 15) is 14.9 Å². The maximum atomic E-state index is 12.7. The Balaban J connectivity index is 1.74. The molecule has 0 atom stereocenters. The van der Waals surface area contributed by atoms with E-state index in [2.05, 4.69) is 9.97 Å². The molecule has 4 aromatic rings. The molecule has 0 radical (unpaired) electrons. The first-order chi connectivity index (χ1) is 14.5. The molecule has 30 heavy (non-hydrogen) atoms. The summed E-state index contributed by atoms with van der Waals surface area (Å²) in [5.41, 5.74) is 1.34. The van der Waals surface area contributed by atoms with Crippen molar-refractivity contribution in [2.24, 2.45) is 0 Å². The van der Waals surface area contributed by atoms with Crippen molar-refractivity contribution in [3.63, 3.8) is 0 Å². The second-order valence-electron chi connectivity index (χ2n) is 6.52. The standard InChI is InChI=1S/C22H17N3O5/c1-29-19-12-18-17(11-20(19)30-13-14-6-3-2-4-7-14)22(26)24-21(23-18)15-8-5-9-16(10-15)25(27)28/h2-12H,13H2,1H3,(H,23,24,26). The number of fused-ring (bicyclic) bond motifs is 1. The number of nitrogens with one attached hydrogen (secondary N) is 1. The molecule has 0 saturated carbocycles. The lowest BCUT2D eigenvalue weighted by Crippen LogP contribution is -2.10. The highest BCUT2D eigenvalue weighted by molar-refractivity contribution is 5.83. The normalized spacial score (nSPS) is 10.7. The number of nitro benzene ring substituents is 1. The van der Waals surface area contributed by atoms with Crippen molar-refractivity contribution in [1.29, 1.82) is 0 Å². The van der Waals surface area contributed by atoms with Crippen LogP contribution in [0.1, 0.15) is 5.56 Å². The summed E-state index contributed by atoms with van der Waals surface area (Å²) in [6, 6.07) is 18.8. The Morgan fingerprint density at radius 3 is 2.57 bits per heavy atom. The lowest BCUT2D eigenvalue weighted by Gasteiger charge is -2.12. The van der Waals surface area contributed by atoms with Crippen LogP contribution in [0.5, 0.6) is 11.5 Å². The number of ether oxygens (including phenoxy) is 2. The third kappa shape index (κ3) is 3.83. The van der Waals surface area contributed by atoms with Crippen molar-refractivity contribution < 1.29 is 14.4 Å². The van der Waals surface area contributed by atoms with Gasteiger partial charge in [-0.25, -0.2) is 4.98 Å². The third-order valence-electron chi connectivity index (χ3n) is 4.56. The van der Waals surface area contributed by atoms with Gasteiger partial charge in [0, 0.05) is 23.8 Å². The summed E-state index contributed by atoms with van der Waals surface area (Å²) >= 11 is 0. The molecule has 150 valence electrons. The Bertz CT molecular complexity index is 1290. The Hall–Kier alpha value is -4.20. The Morgan fingerprint density at radius 1 is 1.03 bits per heavy atom. The number of hydrogen-bond donors (Lipinski definition) is 1. The van der Waals surface area contributed by atoms with Crippen LogP contribution >= 0.6 is 0 Å². The van der Waals surface area contributed by atoms with E-state index < -0.39 is 4.92 Å². The molecule has 0 saturated heterocycles. The lowest BCUT2D eigenvalue weighted by atomic mass is 10.1. The molecule has 1 N–H and O–H groups in total. The van der Waals surface area contributed by atoms with E-state index in [1.54, 1.807) is 24.3 Å². The van der Waals surface area contributed by atoms with Crippen LogP contribution in [0.4, 0.5) is 5.69 Å². The van der Waals surface area contributed by atoms with Gasteiger partial charge in [-0.3, -0.25) is 14.9 Å². The van der Waals surface area contributed by atoms with Crippen LogP contribution in [0.15, 0.2) is 71.5 Å². The molecule has 0 aliphatic heterocycles. The van der Waals surface area contributed by atoms with Crippen LogP contribution in [0.3, 0.4) is 0 Å². The molecule has 1 heterocycles. The first-order valence-corrected chi connectivity index (χ1v) is 9.09. The van der Waals surface area contributed by atoms with Gasteiger partial charge in [0.05, 0.1) is 22.9 Å². The average Bonchev–Trinajstić information content (AvgIpc) is 2.78. The van der Waals surface area contributed by atoms with Crippen LogP contribution in [0.2, 0.25) is 0 Å². The van der Waals surface area contributed by atoms with E-state index in [4.69, 9.17) is 9.47 Å². The fourth-order valence-corrected chi connectivity index (χ4v) is 3.06. The van der Waals surface area contributed by atoms with E-state index in [1.165, 1.54) is 19.2 Å². The van der Waals surface area contributed by atoms with Crippen molar-refractivity contribution in [1.82, 2.24) is 9.97 Å². The highest BCUT2D eigenvalue weighted by Gasteiger charge is 2.14. The van der Waals surface area contributed by atoms with Gasteiger partial charge in [-0.15, -0.1) is 0 Å².